The van der Waals surface area contributed by atoms with Crippen LogP contribution >= 0.6 is 0 Å². The molecule has 36 heavy (non-hydrogen) atoms. The van der Waals surface area contributed by atoms with Crippen LogP contribution in [-0.4, -0.2) is 50.5 Å². The molecule has 0 aliphatic carbocycles. The molecule has 0 radical (unpaired) electrons. The lowest BCUT2D eigenvalue weighted by molar-refractivity contribution is -0.119. The van der Waals surface area contributed by atoms with E-state index >= 15 is 0 Å². The third-order valence-corrected chi connectivity index (χ3v) is 6.28. The van der Waals surface area contributed by atoms with Crippen molar-refractivity contribution in [3.63, 3.8) is 0 Å². The molecule has 9 heteroatoms. The first kappa shape index (κ1) is 24.8. The molecule has 9 nitrogen and oxygen atoms in total. The fraction of sp³-hybridized carbons (Fsp3) is 0.296. The van der Waals surface area contributed by atoms with E-state index in [0.717, 1.165) is 23.1 Å². The maximum Gasteiger partial charge on any atom is 0.335 e. The molecule has 1 aromatic carbocycles. The van der Waals surface area contributed by atoms with Crippen LogP contribution in [0.3, 0.4) is 0 Å². The van der Waals surface area contributed by atoms with E-state index in [9.17, 15) is 14.4 Å². The second-order valence-corrected chi connectivity index (χ2v) is 9.17. The van der Waals surface area contributed by atoms with Crippen molar-refractivity contribution in [2.24, 2.45) is 0 Å². The van der Waals surface area contributed by atoms with Crippen molar-refractivity contribution in [2.45, 2.75) is 45.6 Å². The molecule has 0 bridgehead atoms. The Hall–Kier alpha value is -4.27. The predicted octanol–water partition coefficient (Wildman–Crippen LogP) is 4.91. The monoisotopic (exact) mass is 487 g/mol. The van der Waals surface area contributed by atoms with Gasteiger partial charge in [-0.05, 0) is 67.1 Å². The number of carbonyl (C=O) groups is 3. The van der Waals surface area contributed by atoms with Crippen molar-refractivity contribution in [3.8, 4) is 11.3 Å². The molecule has 0 spiro atoms. The predicted molar refractivity (Wildman–Crippen MR) is 137 cm³/mol. The summed E-state index contributed by atoms with van der Waals surface area (Å²) in [4.78, 5) is 47.2. The summed E-state index contributed by atoms with van der Waals surface area (Å²) in [6.45, 7) is 6.66. The number of pyridine rings is 2. The second kappa shape index (κ2) is 10.6. The van der Waals surface area contributed by atoms with Gasteiger partial charge in [-0.3, -0.25) is 15.1 Å². The Morgan fingerprint density at radius 2 is 1.78 bits per heavy atom. The average molecular weight is 488 g/mol. The number of carboxylic acids is 1. The molecule has 4 rings (SSSR count). The molecule has 1 aliphatic rings. The minimum Gasteiger partial charge on any atom is -0.478 e. The van der Waals surface area contributed by atoms with Gasteiger partial charge in [0.1, 0.15) is 11.9 Å². The van der Waals surface area contributed by atoms with Gasteiger partial charge in [-0.15, -0.1) is 0 Å². The summed E-state index contributed by atoms with van der Waals surface area (Å²) >= 11 is 0. The number of rotatable bonds is 6. The van der Waals surface area contributed by atoms with Crippen LogP contribution in [0.15, 0.2) is 54.9 Å². The number of amides is 3. The van der Waals surface area contributed by atoms with Crippen LogP contribution in [-0.2, 0) is 4.79 Å². The average Bonchev–Trinajstić information content (AvgIpc) is 3.35. The van der Waals surface area contributed by atoms with Gasteiger partial charge in [0.15, 0.2) is 0 Å². The van der Waals surface area contributed by atoms with Crippen LogP contribution in [0.4, 0.5) is 16.3 Å². The van der Waals surface area contributed by atoms with Gasteiger partial charge in [0.2, 0.25) is 5.91 Å². The number of aromatic nitrogens is 2. The van der Waals surface area contributed by atoms with Gasteiger partial charge in [-0.2, -0.15) is 0 Å². The second-order valence-electron chi connectivity index (χ2n) is 9.17. The van der Waals surface area contributed by atoms with Crippen molar-refractivity contribution < 1.29 is 19.5 Å². The molecular formula is C27H29N5O4. The van der Waals surface area contributed by atoms with Gasteiger partial charge in [-0.1, -0.05) is 26.0 Å². The first-order valence-corrected chi connectivity index (χ1v) is 11.9. The molecule has 1 saturated heterocycles. The van der Waals surface area contributed by atoms with E-state index in [4.69, 9.17) is 5.11 Å². The van der Waals surface area contributed by atoms with Crippen molar-refractivity contribution in [1.82, 2.24) is 14.9 Å². The van der Waals surface area contributed by atoms with E-state index in [1.807, 2.05) is 13.0 Å². The number of likely N-dealkylation sites (tertiary alicyclic amines) is 1. The van der Waals surface area contributed by atoms with Gasteiger partial charge < -0.3 is 15.3 Å². The fourth-order valence-corrected chi connectivity index (χ4v) is 4.35. The normalized spacial score (nSPS) is 15.1. The van der Waals surface area contributed by atoms with Crippen LogP contribution in [0, 0.1) is 6.92 Å². The maximum atomic E-state index is 13.0. The van der Waals surface area contributed by atoms with Crippen LogP contribution in [0.5, 0.6) is 0 Å². The van der Waals surface area contributed by atoms with E-state index < -0.39 is 12.0 Å². The SMILES string of the molecule is Cc1cc(NC(=O)N2CCC[C@@H]2C(=O)Nc2ccc(-c3ccc(C(=O)O)cc3)nc2)ncc1C(C)C. The molecule has 2 aromatic heterocycles. The van der Waals surface area contributed by atoms with Crippen molar-refractivity contribution in [2.75, 3.05) is 17.2 Å². The number of anilines is 2. The first-order chi connectivity index (χ1) is 17.2. The lowest BCUT2D eigenvalue weighted by Crippen LogP contribution is -2.45. The highest BCUT2D eigenvalue weighted by Gasteiger charge is 2.34. The minimum absolute atomic E-state index is 0.200. The smallest absolute Gasteiger partial charge is 0.335 e. The molecule has 0 saturated carbocycles. The molecular weight excluding hydrogens is 458 g/mol. The largest absolute Gasteiger partial charge is 0.478 e. The lowest BCUT2D eigenvalue weighted by Gasteiger charge is -2.24. The van der Waals surface area contributed by atoms with Gasteiger partial charge in [0.25, 0.3) is 0 Å². The number of aryl methyl sites for hydroxylation is 1. The zero-order valence-electron chi connectivity index (χ0n) is 20.5. The summed E-state index contributed by atoms with van der Waals surface area (Å²) in [7, 11) is 0. The Labute approximate surface area is 209 Å². The number of carbonyl (C=O) groups excluding carboxylic acids is 2. The molecule has 1 aliphatic heterocycles. The van der Waals surface area contributed by atoms with E-state index in [1.165, 1.54) is 17.0 Å². The summed E-state index contributed by atoms with van der Waals surface area (Å²) in [5.41, 5.74) is 4.31. The zero-order chi connectivity index (χ0) is 25.8. The van der Waals surface area contributed by atoms with Crippen LogP contribution in [0.1, 0.15) is 54.1 Å². The third kappa shape index (κ3) is 5.51. The van der Waals surface area contributed by atoms with Crippen LogP contribution < -0.4 is 10.6 Å². The molecule has 3 heterocycles. The highest BCUT2D eigenvalue weighted by molar-refractivity contribution is 5.99. The maximum absolute atomic E-state index is 13.0. The number of benzene rings is 1. The quantitative estimate of drug-likeness (QED) is 0.454. The Morgan fingerprint density at radius 1 is 1.03 bits per heavy atom. The van der Waals surface area contributed by atoms with E-state index in [2.05, 4.69) is 34.4 Å². The standard InChI is InChI=1S/C27H29N5O4/c1-16(2)21-15-29-24(13-17(21)3)31-27(36)32-12-4-5-23(32)25(33)30-20-10-11-22(28-14-20)18-6-8-19(9-7-18)26(34)35/h6-11,13-16,23H,4-5,12H2,1-3H3,(H,30,33)(H,34,35)(H,29,31,36)/t23-/m1/s1. The number of urea groups is 1. The van der Waals surface area contributed by atoms with Crippen molar-refractivity contribution in [3.05, 3.63) is 71.5 Å². The highest BCUT2D eigenvalue weighted by Crippen LogP contribution is 2.24. The topological polar surface area (TPSA) is 125 Å². The minimum atomic E-state index is -0.988. The van der Waals surface area contributed by atoms with E-state index in [0.29, 0.717) is 36.1 Å². The molecule has 1 fully saturated rings. The van der Waals surface area contributed by atoms with Crippen LogP contribution in [0.2, 0.25) is 0 Å². The number of hydrogen-bond acceptors (Lipinski definition) is 5. The first-order valence-electron chi connectivity index (χ1n) is 11.9. The summed E-state index contributed by atoms with van der Waals surface area (Å²) in [5.74, 6) is -0.459. The Morgan fingerprint density at radius 3 is 2.39 bits per heavy atom. The molecule has 3 N–H and O–H groups in total. The van der Waals surface area contributed by atoms with Crippen LogP contribution in [0.25, 0.3) is 11.3 Å². The molecule has 1 atom stereocenters. The number of aromatic carboxylic acids is 1. The van der Waals surface area contributed by atoms with Crippen molar-refractivity contribution >= 4 is 29.4 Å². The zero-order valence-corrected chi connectivity index (χ0v) is 20.5. The molecule has 3 aromatic rings. The van der Waals surface area contributed by atoms with Crippen molar-refractivity contribution in [1.29, 1.82) is 0 Å². The Bertz CT molecular complexity index is 1270. The summed E-state index contributed by atoms with van der Waals surface area (Å²) in [6.07, 6.45) is 4.62. The summed E-state index contributed by atoms with van der Waals surface area (Å²) in [6, 6.07) is 10.8. The molecule has 186 valence electrons. The molecule has 0 unspecified atom stereocenters. The lowest BCUT2D eigenvalue weighted by atomic mass is 10.0. The fourth-order valence-electron chi connectivity index (χ4n) is 4.35. The van der Waals surface area contributed by atoms with Gasteiger partial charge >= 0.3 is 12.0 Å². The Balaban J connectivity index is 1.39. The number of hydrogen-bond donors (Lipinski definition) is 3. The number of carboxylic acid groups (broad SMARTS) is 1. The summed E-state index contributed by atoms with van der Waals surface area (Å²) in [5, 5.41) is 14.7. The Kier molecular flexibility index (Phi) is 7.28. The third-order valence-electron chi connectivity index (χ3n) is 6.28. The van der Waals surface area contributed by atoms with Gasteiger partial charge in [-0.25, -0.2) is 14.6 Å². The van der Waals surface area contributed by atoms with E-state index in [1.54, 1.807) is 36.7 Å². The van der Waals surface area contributed by atoms with Gasteiger partial charge in [0.05, 0.1) is 23.1 Å². The molecule has 3 amide bonds. The summed E-state index contributed by atoms with van der Waals surface area (Å²) < 4.78 is 0. The van der Waals surface area contributed by atoms with Gasteiger partial charge in [0, 0.05) is 18.3 Å². The highest BCUT2D eigenvalue weighted by atomic mass is 16.4. The number of nitrogens with zero attached hydrogens (tertiary/aromatic N) is 3. The van der Waals surface area contributed by atoms with E-state index in [-0.39, 0.29) is 17.5 Å². The number of nitrogens with one attached hydrogen (secondary N) is 2.